The lowest BCUT2D eigenvalue weighted by Gasteiger charge is -2.18. The third-order valence-corrected chi connectivity index (χ3v) is 6.18. The number of hydrogen-bond acceptors (Lipinski definition) is 4. The summed E-state index contributed by atoms with van der Waals surface area (Å²) in [5.74, 6) is -0.789. The first-order valence-electron chi connectivity index (χ1n) is 9.42. The van der Waals surface area contributed by atoms with Crippen LogP contribution in [0.5, 0.6) is 0 Å². The van der Waals surface area contributed by atoms with E-state index in [9.17, 15) is 18.0 Å². The minimum absolute atomic E-state index is 0.0762. The maximum atomic E-state index is 12.5. The van der Waals surface area contributed by atoms with Crippen LogP contribution in [-0.4, -0.2) is 31.9 Å². The Labute approximate surface area is 170 Å². The monoisotopic (exact) mass is 416 g/mol. The summed E-state index contributed by atoms with van der Waals surface area (Å²) in [6.45, 7) is 4.73. The molecule has 0 radical (unpaired) electrons. The summed E-state index contributed by atoms with van der Waals surface area (Å²) in [7, 11) is -3.84. The molecule has 1 amide bonds. The minimum Gasteiger partial charge on any atom is -0.478 e. The maximum Gasteiger partial charge on any atom is 0.335 e. The van der Waals surface area contributed by atoms with E-state index in [2.05, 4.69) is 4.72 Å². The molecule has 8 heteroatoms. The van der Waals surface area contributed by atoms with Gasteiger partial charge in [0.25, 0.3) is 0 Å². The third-order valence-electron chi connectivity index (χ3n) is 4.78. The lowest BCUT2D eigenvalue weighted by molar-refractivity contribution is -0.119. The number of anilines is 1. The Bertz CT molecular complexity index is 1050. The molecule has 0 aromatic heterocycles. The van der Waals surface area contributed by atoms with E-state index in [0.29, 0.717) is 18.9 Å². The Kier molecular flexibility index (Phi) is 6.04. The van der Waals surface area contributed by atoms with Crippen LogP contribution in [-0.2, 0) is 27.8 Å². The number of nitrogens with zero attached hydrogens (tertiary/aromatic N) is 1. The summed E-state index contributed by atoms with van der Waals surface area (Å²) in [6, 6.07) is 10.8. The number of rotatable bonds is 7. The van der Waals surface area contributed by atoms with Crippen molar-refractivity contribution in [2.75, 3.05) is 11.4 Å². The van der Waals surface area contributed by atoms with Crippen molar-refractivity contribution in [3.63, 3.8) is 0 Å². The quantitative estimate of drug-likeness (QED) is 0.722. The number of carbonyl (C=O) groups excluding carboxylic acids is 1. The number of benzene rings is 2. The van der Waals surface area contributed by atoms with Crippen LogP contribution in [0.2, 0.25) is 0 Å². The van der Waals surface area contributed by atoms with E-state index in [-0.39, 0.29) is 22.9 Å². The molecule has 1 aliphatic heterocycles. The molecule has 3 rings (SSSR count). The van der Waals surface area contributed by atoms with Gasteiger partial charge in [-0.25, -0.2) is 17.9 Å². The van der Waals surface area contributed by atoms with Crippen molar-refractivity contribution in [1.82, 2.24) is 4.72 Å². The number of fused-ring (bicyclic) bond motifs is 1. The topological polar surface area (TPSA) is 104 Å². The average Bonchev–Trinajstić information content (AvgIpc) is 3.09. The molecule has 0 spiro atoms. The Hall–Kier alpha value is -2.71. The largest absolute Gasteiger partial charge is 0.478 e. The van der Waals surface area contributed by atoms with Crippen molar-refractivity contribution < 1.29 is 23.1 Å². The molecule has 0 bridgehead atoms. The first kappa shape index (κ1) is 21.0. The van der Waals surface area contributed by atoms with E-state index in [0.717, 1.165) is 29.3 Å². The van der Waals surface area contributed by atoms with Gasteiger partial charge in [0.2, 0.25) is 15.9 Å². The summed E-state index contributed by atoms with van der Waals surface area (Å²) >= 11 is 0. The van der Waals surface area contributed by atoms with Crippen LogP contribution in [0, 0.1) is 5.92 Å². The fourth-order valence-electron chi connectivity index (χ4n) is 3.34. The van der Waals surface area contributed by atoms with Gasteiger partial charge in [-0.3, -0.25) is 4.79 Å². The van der Waals surface area contributed by atoms with Gasteiger partial charge in [0.05, 0.1) is 10.5 Å². The second-order valence-corrected chi connectivity index (χ2v) is 9.28. The van der Waals surface area contributed by atoms with Crippen molar-refractivity contribution in [3.8, 4) is 0 Å². The molecule has 2 aromatic carbocycles. The van der Waals surface area contributed by atoms with Crippen LogP contribution >= 0.6 is 0 Å². The lowest BCUT2D eigenvalue weighted by Crippen LogP contribution is -2.29. The second-order valence-electron chi connectivity index (χ2n) is 7.51. The van der Waals surface area contributed by atoms with Crippen LogP contribution in [0.3, 0.4) is 0 Å². The van der Waals surface area contributed by atoms with Crippen molar-refractivity contribution in [1.29, 1.82) is 0 Å². The van der Waals surface area contributed by atoms with Gasteiger partial charge in [0, 0.05) is 25.2 Å². The molecular formula is C21H24N2O5S. The van der Waals surface area contributed by atoms with Crippen LogP contribution in [0.1, 0.15) is 41.8 Å². The van der Waals surface area contributed by atoms with E-state index in [4.69, 9.17) is 5.11 Å². The number of nitrogens with one attached hydrogen (secondary N) is 1. The van der Waals surface area contributed by atoms with Crippen LogP contribution in [0.4, 0.5) is 5.69 Å². The molecule has 2 aromatic rings. The molecule has 154 valence electrons. The molecule has 0 atom stereocenters. The summed E-state index contributed by atoms with van der Waals surface area (Å²) in [6.07, 6.45) is 1.23. The first-order chi connectivity index (χ1) is 13.7. The van der Waals surface area contributed by atoms with Crippen molar-refractivity contribution in [3.05, 3.63) is 59.2 Å². The van der Waals surface area contributed by atoms with E-state index >= 15 is 0 Å². The number of aromatic carboxylic acids is 1. The van der Waals surface area contributed by atoms with Gasteiger partial charge < -0.3 is 10.0 Å². The van der Waals surface area contributed by atoms with Crippen LogP contribution in [0.15, 0.2) is 47.4 Å². The molecule has 0 saturated carbocycles. The average molecular weight is 416 g/mol. The van der Waals surface area contributed by atoms with Crippen molar-refractivity contribution >= 4 is 27.6 Å². The fraction of sp³-hybridized carbons (Fsp3) is 0.333. The summed E-state index contributed by atoms with van der Waals surface area (Å²) < 4.78 is 27.5. The minimum atomic E-state index is -3.84. The summed E-state index contributed by atoms with van der Waals surface area (Å²) in [4.78, 5) is 25.1. The van der Waals surface area contributed by atoms with Crippen molar-refractivity contribution in [2.24, 2.45) is 5.92 Å². The highest BCUT2D eigenvalue weighted by molar-refractivity contribution is 7.89. The molecule has 29 heavy (non-hydrogen) atoms. The predicted octanol–water partition coefficient (Wildman–Crippen LogP) is 2.80. The number of carbonyl (C=O) groups is 2. The second kappa shape index (κ2) is 8.34. The van der Waals surface area contributed by atoms with Crippen molar-refractivity contribution in [2.45, 2.75) is 38.1 Å². The standard InChI is InChI=1S/C21H24N2O5S/c1-14(2)10-20(24)23-9-8-16-11-15(6-7-19(16)23)13-22-29(27,28)18-5-3-4-17(12-18)21(25)26/h3-7,11-12,14,22H,8-10,13H2,1-2H3,(H,25,26). The van der Waals surface area contributed by atoms with E-state index in [1.807, 2.05) is 26.0 Å². The SMILES string of the molecule is CC(C)CC(=O)N1CCc2cc(CNS(=O)(=O)c3cccc(C(=O)O)c3)ccc21. The smallest absolute Gasteiger partial charge is 0.335 e. The van der Waals surface area contributed by atoms with Gasteiger partial charge >= 0.3 is 5.97 Å². The van der Waals surface area contributed by atoms with E-state index in [1.165, 1.54) is 18.2 Å². The maximum absolute atomic E-state index is 12.5. The zero-order valence-electron chi connectivity index (χ0n) is 16.4. The Morgan fingerprint density at radius 1 is 1.17 bits per heavy atom. The van der Waals surface area contributed by atoms with Crippen LogP contribution in [0.25, 0.3) is 0 Å². The summed E-state index contributed by atoms with van der Waals surface area (Å²) in [5.41, 5.74) is 2.60. The fourth-order valence-corrected chi connectivity index (χ4v) is 4.40. The molecule has 0 fully saturated rings. The van der Waals surface area contributed by atoms with Crippen LogP contribution < -0.4 is 9.62 Å². The predicted molar refractivity (Wildman–Crippen MR) is 109 cm³/mol. The number of carboxylic acids is 1. The highest BCUT2D eigenvalue weighted by atomic mass is 32.2. The Balaban J connectivity index is 1.72. The normalized spacial score (nSPS) is 13.6. The molecule has 7 nitrogen and oxygen atoms in total. The zero-order chi connectivity index (χ0) is 21.2. The van der Waals surface area contributed by atoms with E-state index in [1.54, 1.807) is 11.0 Å². The number of sulfonamides is 1. The van der Waals surface area contributed by atoms with Gasteiger partial charge in [-0.15, -0.1) is 0 Å². The lowest BCUT2D eigenvalue weighted by atomic mass is 10.1. The van der Waals surface area contributed by atoms with Gasteiger partial charge in [-0.1, -0.05) is 32.0 Å². The van der Waals surface area contributed by atoms with E-state index < -0.39 is 16.0 Å². The zero-order valence-corrected chi connectivity index (χ0v) is 17.2. The number of carboxylic acid groups (broad SMARTS) is 1. The van der Waals surface area contributed by atoms with Gasteiger partial charge in [0.1, 0.15) is 0 Å². The molecular weight excluding hydrogens is 392 g/mol. The highest BCUT2D eigenvalue weighted by Crippen LogP contribution is 2.30. The Morgan fingerprint density at radius 2 is 1.93 bits per heavy atom. The Morgan fingerprint density at radius 3 is 2.62 bits per heavy atom. The number of amides is 1. The van der Waals surface area contributed by atoms with Gasteiger partial charge in [0.15, 0.2) is 0 Å². The van der Waals surface area contributed by atoms with Gasteiger partial charge in [-0.05, 0) is 47.7 Å². The molecule has 0 saturated heterocycles. The number of hydrogen-bond donors (Lipinski definition) is 2. The first-order valence-corrected chi connectivity index (χ1v) is 10.9. The summed E-state index contributed by atoms with van der Waals surface area (Å²) in [5, 5.41) is 9.04. The molecule has 2 N–H and O–H groups in total. The highest BCUT2D eigenvalue weighted by Gasteiger charge is 2.25. The molecule has 0 unspecified atom stereocenters. The molecule has 0 aliphatic carbocycles. The molecule has 1 aliphatic rings. The molecule has 1 heterocycles. The van der Waals surface area contributed by atoms with Gasteiger partial charge in [-0.2, -0.15) is 0 Å². The third kappa shape index (κ3) is 4.83.